The zero-order valence-corrected chi connectivity index (χ0v) is 21.4. The van der Waals surface area contributed by atoms with Crippen LogP contribution in [-0.2, 0) is 11.2 Å². The number of methoxy groups -OCH3 is 1. The van der Waals surface area contributed by atoms with Crippen molar-refractivity contribution >= 4 is 29.1 Å². The van der Waals surface area contributed by atoms with Gasteiger partial charge in [0.25, 0.3) is 0 Å². The molecule has 6 nitrogen and oxygen atoms in total. The Kier molecular flexibility index (Phi) is 7.32. The van der Waals surface area contributed by atoms with Crippen molar-refractivity contribution in [3.8, 4) is 22.7 Å². The van der Waals surface area contributed by atoms with Crippen LogP contribution in [0, 0.1) is 0 Å². The molecule has 1 fully saturated rings. The lowest BCUT2D eigenvalue weighted by molar-refractivity contribution is -0.127. The number of fused-ring (bicyclic) bond motifs is 1. The zero-order valence-electron chi connectivity index (χ0n) is 19.9. The fourth-order valence-corrected chi connectivity index (χ4v) is 5.65. The summed E-state index contributed by atoms with van der Waals surface area (Å²) in [6.07, 6.45) is 7.22. The van der Waals surface area contributed by atoms with Crippen molar-refractivity contribution in [1.82, 2.24) is 20.2 Å². The Hall–Kier alpha value is -2.54. The summed E-state index contributed by atoms with van der Waals surface area (Å²) in [6.45, 7) is 1.80. The molecule has 1 atom stereocenters. The Morgan fingerprint density at radius 3 is 2.46 bits per heavy atom. The van der Waals surface area contributed by atoms with E-state index in [2.05, 4.69) is 10.4 Å². The van der Waals surface area contributed by atoms with E-state index in [9.17, 15) is 4.79 Å². The van der Waals surface area contributed by atoms with Crippen LogP contribution in [0.1, 0.15) is 55.7 Å². The number of ether oxygens (including phenoxy) is 1. The van der Waals surface area contributed by atoms with Gasteiger partial charge in [0.05, 0.1) is 35.1 Å². The normalized spacial score (nSPS) is 18.5. The molecule has 0 spiro atoms. The molecule has 1 aliphatic heterocycles. The maximum Gasteiger partial charge on any atom is 0.243 e. The minimum absolute atomic E-state index is 0.0287. The Morgan fingerprint density at radius 1 is 1.03 bits per heavy atom. The fraction of sp³-hybridized carbons (Fsp3) is 0.407. The smallest absolute Gasteiger partial charge is 0.243 e. The average Bonchev–Trinajstić information content (AvgIpc) is 3.05. The number of hydrogen-bond donors (Lipinski definition) is 1. The summed E-state index contributed by atoms with van der Waals surface area (Å²) in [5, 5.41) is 8.19. The highest BCUT2D eigenvalue weighted by Gasteiger charge is 2.34. The lowest BCUT2D eigenvalue weighted by atomic mass is 9.85. The third kappa shape index (κ3) is 5.06. The third-order valence-electron chi connectivity index (χ3n) is 6.96. The molecule has 8 heteroatoms. The van der Waals surface area contributed by atoms with Crippen molar-refractivity contribution in [2.45, 2.75) is 50.9 Å². The number of aromatic nitrogens is 2. The molecule has 1 amide bonds. The first kappa shape index (κ1) is 24.2. The molecular formula is C27H30Cl2N4O2. The SMILES string of the molecule is COc1ccc(-c2c3c(nn2-c2ccc(Cl)cc2Cl)C(C(=O)NN2CCCCCC2)CCC3)cc1. The van der Waals surface area contributed by atoms with Gasteiger partial charge in [0.2, 0.25) is 5.91 Å². The van der Waals surface area contributed by atoms with Gasteiger partial charge in [0.1, 0.15) is 5.75 Å². The van der Waals surface area contributed by atoms with Crippen LogP contribution in [0.5, 0.6) is 5.75 Å². The molecular weight excluding hydrogens is 483 g/mol. The first-order chi connectivity index (χ1) is 17.0. The standard InChI is InChI=1S/C27H30Cl2N4O2/c1-35-20-12-9-18(10-13-20)26-21-7-6-8-22(27(34)31-32-15-4-2-3-5-16-32)25(21)30-33(26)24-14-11-19(28)17-23(24)29/h9-14,17,22H,2-8,15-16H2,1H3,(H,31,34). The van der Waals surface area contributed by atoms with Crippen LogP contribution < -0.4 is 10.2 Å². The second-order valence-electron chi connectivity index (χ2n) is 9.27. The number of benzene rings is 2. The van der Waals surface area contributed by atoms with E-state index in [1.165, 1.54) is 12.8 Å². The van der Waals surface area contributed by atoms with Crippen LogP contribution in [0.3, 0.4) is 0 Å². The largest absolute Gasteiger partial charge is 0.497 e. The third-order valence-corrected chi connectivity index (χ3v) is 7.49. The van der Waals surface area contributed by atoms with E-state index in [1.54, 1.807) is 13.2 Å². The molecule has 5 rings (SSSR count). The lowest BCUT2D eigenvalue weighted by Gasteiger charge is -2.26. The van der Waals surface area contributed by atoms with Crippen molar-refractivity contribution in [3.05, 3.63) is 63.8 Å². The summed E-state index contributed by atoms with van der Waals surface area (Å²) in [5.74, 6) is 0.514. The fourth-order valence-electron chi connectivity index (χ4n) is 5.16. The molecule has 2 aliphatic rings. The first-order valence-corrected chi connectivity index (χ1v) is 13.1. The highest BCUT2D eigenvalue weighted by Crippen LogP contribution is 2.40. The molecule has 35 heavy (non-hydrogen) atoms. The Balaban J connectivity index is 1.57. The van der Waals surface area contributed by atoms with Crippen LogP contribution in [0.25, 0.3) is 16.9 Å². The maximum atomic E-state index is 13.5. The van der Waals surface area contributed by atoms with Gasteiger partial charge in [-0.2, -0.15) is 5.10 Å². The maximum absolute atomic E-state index is 13.5. The highest BCUT2D eigenvalue weighted by molar-refractivity contribution is 6.35. The summed E-state index contributed by atoms with van der Waals surface area (Å²) >= 11 is 12.8. The number of hydrazine groups is 1. The number of rotatable bonds is 5. The molecule has 2 aromatic carbocycles. The van der Waals surface area contributed by atoms with Crippen LogP contribution in [-0.4, -0.2) is 40.9 Å². The van der Waals surface area contributed by atoms with E-state index < -0.39 is 0 Å². The Bertz CT molecular complexity index is 1200. The second-order valence-corrected chi connectivity index (χ2v) is 10.1. The summed E-state index contributed by atoms with van der Waals surface area (Å²) in [4.78, 5) is 13.5. The second kappa shape index (κ2) is 10.6. The van der Waals surface area contributed by atoms with Crippen LogP contribution >= 0.6 is 23.2 Å². The van der Waals surface area contributed by atoms with Gasteiger partial charge in [-0.15, -0.1) is 0 Å². The molecule has 184 valence electrons. The molecule has 0 saturated carbocycles. The molecule has 2 heterocycles. The van der Waals surface area contributed by atoms with Gasteiger partial charge >= 0.3 is 0 Å². The number of carbonyl (C=O) groups is 1. The van der Waals surface area contributed by atoms with Crippen molar-refractivity contribution in [3.63, 3.8) is 0 Å². The number of nitrogens with one attached hydrogen (secondary N) is 1. The first-order valence-electron chi connectivity index (χ1n) is 12.3. The van der Waals surface area contributed by atoms with Crippen molar-refractivity contribution in [2.24, 2.45) is 0 Å². The molecule has 0 radical (unpaired) electrons. The summed E-state index contributed by atoms with van der Waals surface area (Å²) in [5.41, 5.74) is 7.83. The number of nitrogens with zero attached hydrogens (tertiary/aromatic N) is 3. The van der Waals surface area contributed by atoms with Gasteiger partial charge in [0, 0.05) is 29.2 Å². The topological polar surface area (TPSA) is 59.4 Å². The van der Waals surface area contributed by atoms with E-state index in [-0.39, 0.29) is 11.8 Å². The minimum atomic E-state index is -0.300. The van der Waals surface area contributed by atoms with Gasteiger partial charge in [-0.05, 0) is 74.6 Å². The highest BCUT2D eigenvalue weighted by atomic mass is 35.5. The van der Waals surface area contributed by atoms with Gasteiger partial charge in [-0.3, -0.25) is 10.2 Å². The van der Waals surface area contributed by atoms with Gasteiger partial charge in [-0.25, -0.2) is 9.69 Å². The van der Waals surface area contributed by atoms with E-state index in [0.29, 0.717) is 10.0 Å². The van der Waals surface area contributed by atoms with Crippen molar-refractivity contribution in [1.29, 1.82) is 0 Å². The molecule has 1 aromatic heterocycles. The Morgan fingerprint density at radius 2 is 1.77 bits per heavy atom. The quantitative estimate of drug-likeness (QED) is 0.443. The molecule has 0 bridgehead atoms. The number of carbonyl (C=O) groups excluding carboxylic acids is 1. The average molecular weight is 513 g/mol. The molecule has 1 aliphatic carbocycles. The van der Waals surface area contributed by atoms with Crippen molar-refractivity contribution in [2.75, 3.05) is 20.2 Å². The summed E-state index contributed by atoms with van der Waals surface area (Å²) < 4.78 is 7.24. The van der Waals surface area contributed by atoms with E-state index >= 15 is 0 Å². The van der Waals surface area contributed by atoms with Gasteiger partial charge < -0.3 is 4.74 Å². The van der Waals surface area contributed by atoms with E-state index in [0.717, 1.165) is 79.1 Å². The molecule has 3 aromatic rings. The van der Waals surface area contributed by atoms with Gasteiger partial charge in [0.15, 0.2) is 0 Å². The van der Waals surface area contributed by atoms with Crippen LogP contribution in [0.4, 0.5) is 0 Å². The number of halogens is 2. The van der Waals surface area contributed by atoms with Crippen molar-refractivity contribution < 1.29 is 9.53 Å². The number of hydrogen-bond acceptors (Lipinski definition) is 4. The molecule has 1 saturated heterocycles. The zero-order chi connectivity index (χ0) is 24.4. The minimum Gasteiger partial charge on any atom is -0.497 e. The molecule has 1 unspecified atom stereocenters. The number of amides is 1. The van der Waals surface area contributed by atoms with Crippen LogP contribution in [0.15, 0.2) is 42.5 Å². The predicted octanol–water partition coefficient (Wildman–Crippen LogP) is 6.18. The summed E-state index contributed by atoms with van der Waals surface area (Å²) in [7, 11) is 1.65. The van der Waals surface area contributed by atoms with Crippen LogP contribution in [0.2, 0.25) is 10.0 Å². The lowest BCUT2D eigenvalue weighted by Crippen LogP contribution is -2.45. The Labute approximate surface area is 216 Å². The predicted molar refractivity (Wildman–Crippen MR) is 139 cm³/mol. The monoisotopic (exact) mass is 512 g/mol. The van der Waals surface area contributed by atoms with E-state index in [4.69, 9.17) is 33.0 Å². The van der Waals surface area contributed by atoms with E-state index in [1.807, 2.05) is 41.1 Å². The van der Waals surface area contributed by atoms with Gasteiger partial charge in [-0.1, -0.05) is 36.0 Å². The summed E-state index contributed by atoms with van der Waals surface area (Å²) in [6, 6.07) is 13.3. The molecule has 1 N–H and O–H groups in total.